The molecule has 0 aromatic heterocycles. The van der Waals surface area contributed by atoms with Crippen LogP contribution in [-0.2, 0) is 55.0 Å². The Kier molecular flexibility index (Phi) is 24.3. The van der Waals surface area contributed by atoms with Crippen LogP contribution in [0.4, 0.5) is 9.59 Å². The minimum Gasteiger partial charge on any atom is -0.459 e. The van der Waals surface area contributed by atoms with Gasteiger partial charge in [0.05, 0.1) is 24.7 Å². The first-order valence-electron chi connectivity index (χ1n) is 27.3. The van der Waals surface area contributed by atoms with Crippen LogP contribution in [0.5, 0.6) is 0 Å². The third-order valence-corrected chi connectivity index (χ3v) is 14.3. The summed E-state index contributed by atoms with van der Waals surface area (Å²) in [6.07, 6.45) is 3.57. The largest absolute Gasteiger partial charge is 0.459 e. The summed E-state index contributed by atoms with van der Waals surface area (Å²) in [4.78, 5) is 60.2. The number of hydrogen-bond donors (Lipinski definition) is 6. The minimum atomic E-state index is -1.14. The Morgan fingerprint density at radius 1 is 0.421 bits per heavy atom. The summed E-state index contributed by atoms with van der Waals surface area (Å²) in [6, 6.07) is 34.4. The maximum absolute atomic E-state index is 13.5. The summed E-state index contributed by atoms with van der Waals surface area (Å²) < 4.78 is 22.4. The summed E-state index contributed by atoms with van der Waals surface area (Å²) in [7, 11) is 0. The van der Waals surface area contributed by atoms with Gasteiger partial charge in [0.25, 0.3) is 0 Å². The molecule has 0 saturated carbocycles. The molecule has 8 rings (SSSR count). The molecule has 18 nitrogen and oxygen atoms in total. The molecule has 6 atom stereocenters. The lowest BCUT2D eigenvalue weighted by Gasteiger charge is -2.35. The fourth-order valence-corrected chi connectivity index (χ4v) is 10.1. The molecule has 4 aromatic rings. The molecule has 0 radical (unpaired) electrons. The summed E-state index contributed by atoms with van der Waals surface area (Å²) >= 11 is 0. The van der Waals surface area contributed by atoms with E-state index in [1.54, 1.807) is 0 Å². The van der Waals surface area contributed by atoms with Crippen LogP contribution < -0.4 is 21.3 Å². The highest BCUT2D eigenvalue weighted by Crippen LogP contribution is 2.28. The highest BCUT2D eigenvalue weighted by Gasteiger charge is 2.52. The van der Waals surface area contributed by atoms with Crippen molar-refractivity contribution in [3.8, 4) is 0 Å². The maximum atomic E-state index is 13.5. The molecule has 0 bridgehead atoms. The Morgan fingerprint density at radius 3 is 1.16 bits per heavy atom. The van der Waals surface area contributed by atoms with E-state index < -0.39 is 60.5 Å². The molecule has 76 heavy (non-hydrogen) atoms. The van der Waals surface area contributed by atoms with Gasteiger partial charge in [-0.05, 0) is 74.1 Å². The van der Waals surface area contributed by atoms with Crippen molar-refractivity contribution >= 4 is 24.1 Å². The fourth-order valence-electron chi connectivity index (χ4n) is 10.1. The highest BCUT2D eigenvalue weighted by molar-refractivity contribution is 5.84. The Bertz CT molecular complexity index is 2230. The topological polar surface area (TPSA) is 207 Å². The van der Waals surface area contributed by atoms with Crippen LogP contribution in [0, 0.1) is 0 Å². The van der Waals surface area contributed by atoms with E-state index in [-0.39, 0.29) is 39.5 Å². The number of rotatable bonds is 12. The molecule has 0 aliphatic carbocycles. The number of esters is 2. The number of hydrogen-bond acceptors (Lipinski definition) is 16. The summed E-state index contributed by atoms with van der Waals surface area (Å²) in [5.74, 6) is -1.18. The number of aliphatic hydroxyl groups excluding tert-OH is 2. The predicted octanol–water partition coefficient (Wildman–Crippen LogP) is 4.29. The first kappa shape index (κ1) is 57.7. The molecule has 6 N–H and O–H groups in total. The number of nitrogens with zero attached hydrogens (tertiary/aromatic N) is 4. The maximum Gasteiger partial charge on any atom is 0.410 e. The number of β-amino-alcohol motifs (C(OH)–C–C–N with tert-alkyl or cyclic N) is 1. The van der Waals surface area contributed by atoms with Crippen LogP contribution in [-0.4, -0.2) is 182 Å². The Hall–Kier alpha value is -5.96. The van der Waals surface area contributed by atoms with Crippen LogP contribution in [0.25, 0.3) is 0 Å². The lowest BCUT2D eigenvalue weighted by Crippen LogP contribution is -2.56. The molecule has 4 aliphatic rings. The molecule has 4 aromatic carbocycles. The third kappa shape index (κ3) is 18.1. The van der Waals surface area contributed by atoms with Crippen molar-refractivity contribution in [1.29, 1.82) is 0 Å². The molecule has 4 saturated heterocycles. The first-order chi connectivity index (χ1) is 37.3. The van der Waals surface area contributed by atoms with E-state index in [0.717, 1.165) is 100 Å². The van der Waals surface area contributed by atoms with Crippen molar-refractivity contribution in [2.75, 3.05) is 91.6 Å². The van der Waals surface area contributed by atoms with Gasteiger partial charge in [-0.3, -0.25) is 19.6 Å². The van der Waals surface area contributed by atoms with Crippen LogP contribution in [0.2, 0.25) is 0 Å². The number of nitrogens with one attached hydrogen (secondary N) is 4. The van der Waals surface area contributed by atoms with Gasteiger partial charge in [0, 0.05) is 58.9 Å². The molecule has 4 aliphatic heterocycles. The predicted molar refractivity (Wildman–Crippen MR) is 289 cm³/mol. The van der Waals surface area contributed by atoms with Crippen molar-refractivity contribution in [2.24, 2.45) is 0 Å². The molecule has 2 amide bonds. The number of carbonyl (C=O) groups excluding carboxylic acids is 4. The Balaban J connectivity index is 0.000000221. The summed E-state index contributed by atoms with van der Waals surface area (Å²) in [6.45, 7) is 9.94. The van der Waals surface area contributed by atoms with Gasteiger partial charge in [-0.15, -0.1) is 0 Å². The Labute approximate surface area is 448 Å². The number of carbonyl (C=O) groups is 4. The lowest BCUT2D eigenvalue weighted by atomic mass is 10.0. The van der Waals surface area contributed by atoms with E-state index in [0.29, 0.717) is 26.2 Å². The van der Waals surface area contributed by atoms with Crippen molar-refractivity contribution in [2.45, 2.75) is 101 Å². The van der Waals surface area contributed by atoms with E-state index in [1.165, 1.54) is 22.6 Å². The number of ether oxygens (including phenoxy) is 4. The molecule has 4 fully saturated rings. The zero-order chi connectivity index (χ0) is 53.2. The molecule has 4 heterocycles. The first-order valence-corrected chi connectivity index (χ1v) is 27.3. The summed E-state index contributed by atoms with van der Waals surface area (Å²) in [5, 5.41) is 36.5. The average Bonchev–Trinajstić information content (AvgIpc) is 3.99. The van der Waals surface area contributed by atoms with Gasteiger partial charge in [-0.1, -0.05) is 134 Å². The standard InChI is InChI=1S/2C29H40N4O5/c34-27-25(32-18-16-30-14-8-3-9-15-31-17-19-32)20-33(29(36)38-22-24-12-6-2-7-13-24)26(27)28(35)37-21-23-10-4-1-5-11-23;34-25-20-33(29(36)38-22-24-12-6-2-7-13-24)27(28(35)37-21-23-10-4-1-5-11-23)26(25)32-18-16-30-14-8-3-9-15-31-17-19-32/h2*1-2,4-7,10-13,25-27,30-31,34H,3,8-9,14-22H2/t25-,26+,27+;25-,26+,27-/m10/s1. The number of aliphatic hydroxyl groups is 2. The zero-order valence-corrected chi connectivity index (χ0v) is 43.9. The third-order valence-electron chi connectivity index (χ3n) is 14.3. The lowest BCUT2D eigenvalue weighted by molar-refractivity contribution is -0.153. The minimum absolute atomic E-state index is 0.000745. The molecular weight excluding hydrogens is 969 g/mol. The van der Waals surface area contributed by atoms with Crippen LogP contribution in [0.3, 0.4) is 0 Å². The Morgan fingerprint density at radius 2 is 0.763 bits per heavy atom. The number of likely N-dealkylation sites (tertiary alicyclic amines) is 2. The molecular formula is C58H80N8O10. The van der Waals surface area contributed by atoms with Crippen molar-refractivity contribution in [3.05, 3.63) is 144 Å². The van der Waals surface area contributed by atoms with Gasteiger partial charge in [-0.25, -0.2) is 19.2 Å². The second-order valence-corrected chi connectivity index (χ2v) is 19.8. The fraction of sp³-hybridized carbons (Fsp3) is 0.517. The van der Waals surface area contributed by atoms with E-state index in [1.807, 2.05) is 121 Å². The smallest absolute Gasteiger partial charge is 0.410 e. The van der Waals surface area contributed by atoms with E-state index in [4.69, 9.17) is 18.9 Å². The van der Waals surface area contributed by atoms with Gasteiger partial charge in [0.15, 0.2) is 12.1 Å². The van der Waals surface area contributed by atoms with E-state index >= 15 is 0 Å². The second kappa shape index (κ2) is 31.9. The molecule has 412 valence electrons. The number of benzene rings is 4. The average molecular weight is 1050 g/mol. The van der Waals surface area contributed by atoms with Crippen molar-refractivity contribution in [1.82, 2.24) is 40.9 Å². The normalized spacial score (nSPS) is 23.7. The zero-order valence-electron chi connectivity index (χ0n) is 43.9. The molecule has 18 heteroatoms. The SMILES string of the molecule is O=C(OCc1ccccc1)[C@@H]1[C@@H](O)[C@H](N2CCNCCCCCNCC2)CN1C(=O)OCc1ccccc1.O=C(OCc1ccccc1)[C@@H]1[C@H](N2CCNCCCCCNCC2)[C@@H](O)CN1C(=O)OCc1ccccc1. The van der Waals surface area contributed by atoms with Crippen LogP contribution in [0.1, 0.15) is 60.8 Å². The van der Waals surface area contributed by atoms with E-state index in [2.05, 4.69) is 31.1 Å². The molecule has 0 unspecified atom stereocenters. The number of amides is 2. The van der Waals surface area contributed by atoms with Crippen molar-refractivity contribution < 1.29 is 48.3 Å². The monoisotopic (exact) mass is 1050 g/mol. The van der Waals surface area contributed by atoms with Crippen molar-refractivity contribution in [3.63, 3.8) is 0 Å². The van der Waals surface area contributed by atoms with Gasteiger partial charge in [0.1, 0.15) is 32.5 Å². The second-order valence-electron chi connectivity index (χ2n) is 19.8. The highest BCUT2D eigenvalue weighted by atomic mass is 16.6. The van der Waals surface area contributed by atoms with Gasteiger partial charge in [0.2, 0.25) is 0 Å². The van der Waals surface area contributed by atoms with Gasteiger partial charge in [-0.2, -0.15) is 0 Å². The molecule has 0 spiro atoms. The van der Waals surface area contributed by atoms with E-state index in [9.17, 15) is 29.4 Å². The van der Waals surface area contributed by atoms with Gasteiger partial charge < -0.3 is 50.4 Å². The summed E-state index contributed by atoms with van der Waals surface area (Å²) in [5.41, 5.74) is 3.39. The van der Waals surface area contributed by atoms with Gasteiger partial charge >= 0.3 is 24.1 Å². The quantitative estimate of drug-likeness (QED) is 0.0865. The van der Waals surface area contributed by atoms with Crippen LogP contribution in [0.15, 0.2) is 121 Å². The van der Waals surface area contributed by atoms with Crippen LogP contribution >= 0.6 is 0 Å².